The number of aromatic nitrogens is 1. The molecule has 2 atom stereocenters. The third-order valence-corrected chi connectivity index (χ3v) is 6.60. The van der Waals surface area contributed by atoms with Gasteiger partial charge in [0.15, 0.2) is 11.6 Å². The monoisotopic (exact) mass is 517 g/mol. The Bertz CT molecular complexity index is 1310. The number of hydrogen-bond acceptors (Lipinski definition) is 8. The van der Waals surface area contributed by atoms with Gasteiger partial charge >= 0.3 is 16.1 Å². The van der Waals surface area contributed by atoms with Crippen LogP contribution >= 0.6 is 0 Å². The highest BCUT2D eigenvalue weighted by Crippen LogP contribution is 2.40. The number of methoxy groups -OCH3 is 1. The minimum Gasteiger partial charge on any atom is -0.492 e. The molecule has 1 saturated heterocycles. The molecule has 0 bridgehead atoms. The molecular formula is C22H26F3N3O6S. The van der Waals surface area contributed by atoms with Crippen molar-refractivity contribution in [1.29, 1.82) is 0 Å². The van der Waals surface area contributed by atoms with E-state index in [0.29, 0.717) is 18.8 Å². The van der Waals surface area contributed by atoms with Crippen molar-refractivity contribution in [1.82, 2.24) is 9.88 Å². The number of carbonyl (C=O) groups is 1. The topological polar surface area (TPSA) is 107 Å². The minimum absolute atomic E-state index is 0.00239. The van der Waals surface area contributed by atoms with Gasteiger partial charge in [-0.05, 0) is 18.9 Å². The second-order valence-corrected chi connectivity index (χ2v) is 10.4. The summed E-state index contributed by atoms with van der Waals surface area (Å²) < 4.78 is 77.2. The SMILES string of the molecule is COc1c(N2C[C@@H](CNC3CC3)[C@H](F)C2)c(F)cc2c(=O)c(C(=O)OS(C)(=O)=O)cn(CCF)c12. The van der Waals surface area contributed by atoms with E-state index in [0.717, 1.165) is 29.7 Å². The number of nitrogens with one attached hydrogen (secondary N) is 1. The number of aryl methyl sites for hydroxylation is 1. The number of fused-ring (bicyclic) bond motifs is 1. The summed E-state index contributed by atoms with van der Waals surface area (Å²) in [5.74, 6) is -2.86. The van der Waals surface area contributed by atoms with Crippen LogP contribution in [-0.2, 0) is 20.8 Å². The lowest BCUT2D eigenvalue weighted by molar-refractivity contribution is 0.0746. The molecule has 4 rings (SSSR count). The number of benzene rings is 1. The molecule has 2 heterocycles. The molecule has 0 unspecified atom stereocenters. The second kappa shape index (κ2) is 9.69. The van der Waals surface area contributed by atoms with Gasteiger partial charge in [0.2, 0.25) is 5.43 Å². The predicted molar refractivity (Wildman–Crippen MR) is 123 cm³/mol. The molecule has 1 N–H and O–H groups in total. The zero-order valence-corrected chi connectivity index (χ0v) is 20.0. The first kappa shape index (κ1) is 25.3. The lowest BCUT2D eigenvalue weighted by Gasteiger charge is -2.24. The first-order valence-electron chi connectivity index (χ1n) is 11.1. The smallest absolute Gasteiger partial charge is 0.359 e. The van der Waals surface area contributed by atoms with Crippen LogP contribution in [0, 0.1) is 11.7 Å². The number of nitrogens with zero attached hydrogens (tertiary/aromatic N) is 2. The molecule has 2 aromatic rings. The average Bonchev–Trinajstić information content (AvgIpc) is 3.53. The zero-order valence-electron chi connectivity index (χ0n) is 19.2. The van der Waals surface area contributed by atoms with Gasteiger partial charge in [0.25, 0.3) is 0 Å². The van der Waals surface area contributed by atoms with Crippen molar-refractivity contribution in [3.05, 3.63) is 33.9 Å². The number of hydrogen-bond donors (Lipinski definition) is 1. The highest BCUT2D eigenvalue weighted by atomic mass is 32.2. The molecule has 0 spiro atoms. The van der Waals surface area contributed by atoms with Gasteiger partial charge in [0.05, 0.1) is 30.8 Å². The van der Waals surface area contributed by atoms with E-state index in [2.05, 4.69) is 9.50 Å². The van der Waals surface area contributed by atoms with E-state index >= 15 is 4.39 Å². The molecule has 35 heavy (non-hydrogen) atoms. The van der Waals surface area contributed by atoms with Crippen LogP contribution in [0.2, 0.25) is 0 Å². The Labute approximate surface area is 199 Å². The highest BCUT2D eigenvalue weighted by molar-refractivity contribution is 7.86. The summed E-state index contributed by atoms with van der Waals surface area (Å²) >= 11 is 0. The molecule has 1 aliphatic carbocycles. The van der Waals surface area contributed by atoms with E-state index < -0.39 is 45.7 Å². The predicted octanol–water partition coefficient (Wildman–Crippen LogP) is 1.76. The summed E-state index contributed by atoms with van der Waals surface area (Å²) in [6.45, 7) is -0.720. The molecule has 1 aliphatic heterocycles. The number of pyridine rings is 1. The quantitative estimate of drug-likeness (QED) is 0.502. The summed E-state index contributed by atoms with van der Waals surface area (Å²) in [6.07, 6.45) is 2.45. The Hall–Kier alpha value is -2.80. The number of anilines is 1. The number of halogens is 3. The first-order chi connectivity index (χ1) is 16.5. The molecule has 192 valence electrons. The lowest BCUT2D eigenvalue weighted by atomic mass is 10.1. The normalized spacial score (nSPS) is 20.4. The van der Waals surface area contributed by atoms with E-state index in [1.807, 2.05) is 0 Å². The van der Waals surface area contributed by atoms with E-state index in [1.165, 1.54) is 12.0 Å². The van der Waals surface area contributed by atoms with Gasteiger partial charge in [-0.1, -0.05) is 0 Å². The molecule has 1 aromatic heterocycles. The Morgan fingerprint density at radius 1 is 1.29 bits per heavy atom. The molecular weight excluding hydrogens is 491 g/mol. The number of rotatable bonds is 9. The van der Waals surface area contributed by atoms with Crippen LogP contribution in [-0.4, -0.2) is 70.8 Å². The third-order valence-electron chi connectivity index (χ3n) is 6.14. The van der Waals surface area contributed by atoms with Crippen LogP contribution in [0.1, 0.15) is 23.2 Å². The fourth-order valence-electron chi connectivity index (χ4n) is 4.38. The maximum Gasteiger partial charge on any atom is 0.359 e. The van der Waals surface area contributed by atoms with Gasteiger partial charge in [-0.3, -0.25) is 4.79 Å². The van der Waals surface area contributed by atoms with Crippen LogP contribution in [0.4, 0.5) is 18.9 Å². The summed E-state index contributed by atoms with van der Waals surface area (Å²) in [6, 6.07) is 1.26. The van der Waals surface area contributed by atoms with Gasteiger partial charge in [-0.25, -0.2) is 18.0 Å². The van der Waals surface area contributed by atoms with Crippen molar-refractivity contribution in [3.8, 4) is 5.75 Å². The maximum atomic E-state index is 15.4. The van der Waals surface area contributed by atoms with Crippen molar-refractivity contribution in [2.24, 2.45) is 5.92 Å². The molecule has 0 amide bonds. The van der Waals surface area contributed by atoms with Gasteiger partial charge in [0.1, 0.15) is 24.1 Å². The minimum atomic E-state index is -4.24. The van der Waals surface area contributed by atoms with Gasteiger partial charge in [0, 0.05) is 37.8 Å². The van der Waals surface area contributed by atoms with Crippen LogP contribution in [0.25, 0.3) is 10.9 Å². The van der Waals surface area contributed by atoms with Crippen molar-refractivity contribution in [2.45, 2.75) is 31.6 Å². The summed E-state index contributed by atoms with van der Waals surface area (Å²) in [5.41, 5.74) is -1.79. The fraction of sp³-hybridized carbons (Fsp3) is 0.545. The standard InChI is InChI=1S/C22H26F3N3O6S/c1-33-21-18-14(20(29)15(10-27(18)6-5-23)22(30)34-35(2,31)32)7-16(24)19(21)28-9-12(17(25)11-28)8-26-13-3-4-13/h7,10,12-13,17,26H,3-6,8-9,11H2,1-2H3/t12-,17-/m1/s1. The van der Waals surface area contributed by atoms with Crippen molar-refractivity contribution >= 4 is 32.7 Å². The molecule has 1 saturated carbocycles. The Kier molecular flexibility index (Phi) is 7.00. The highest BCUT2D eigenvalue weighted by Gasteiger charge is 2.37. The Balaban J connectivity index is 1.81. The Morgan fingerprint density at radius 3 is 2.60 bits per heavy atom. The third kappa shape index (κ3) is 5.25. The summed E-state index contributed by atoms with van der Waals surface area (Å²) in [7, 11) is -3.00. The molecule has 2 aliphatic rings. The Morgan fingerprint density at radius 2 is 2.00 bits per heavy atom. The van der Waals surface area contributed by atoms with Crippen LogP contribution < -0.4 is 20.4 Å². The van der Waals surface area contributed by atoms with Crippen LogP contribution in [0.5, 0.6) is 5.75 Å². The first-order valence-corrected chi connectivity index (χ1v) is 12.9. The van der Waals surface area contributed by atoms with Crippen LogP contribution in [0.3, 0.4) is 0 Å². The molecule has 0 radical (unpaired) electrons. The average molecular weight is 518 g/mol. The zero-order chi connectivity index (χ0) is 25.5. The second-order valence-electron chi connectivity index (χ2n) is 8.83. The number of ether oxygens (including phenoxy) is 1. The van der Waals surface area contributed by atoms with Crippen LogP contribution in [0.15, 0.2) is 17.1 Å². The van der Waals surface area contributed by atoms with Gasteiger partial charge in [-0.15, -0.1) is 0 Å². The van der Waals surface area contributed by atoms with E-state index in [-0.39, 0.29) is 47.9 Å². The van der Waals surface area contributed by atoms with E-state index in [1.54, 1.807) is 0 Å². The molecule has 9 nitrogen and oxygen atoms in total. The van der Waals surface area contributed by atoms with Crippen molar-refractivity contribution < 1.29 is 35.3 Å². The number of carbonyl (C=O) groups excluding carboxylic acids is 1. The van der Waals surface area contributed by atoms with Gasteiger partial charge in [-0.2, -0.15) is 8.42 Å². The van der Waals surface area contributed by atoms with Crippen molar-refractivity contribution in [2.75, 3.05) is 44.6 Å². The molecule has 2 fully saturated rings. The summed E-state index contributed by atoms with van der Waals surface area (Å²) in [4.78, 5) is 26.8. The van der Waals surface area contributed by atoms with Crippen molar-refractivity contribution in [3.63, 3.8) is 0 Å². The fourth-order valence-corrected chi connectivity index (χ4v) is 4.75. The molecule has 13 heteroatoms. The molecule has 1 aromatic carbocycles. The number of alkyl halides is 2. The lowest BCUT2D eigenvalue weighted by Crippen LogP contribution is -2.30. The largest absolute Gasteiger partial charge is 0.492 e. The van der Waals surface area contributed by atoms with E-state index in [4.69, 9.17) is 4.74 Å². The summed E-state index contributed by atoms with van der Waals surface area (Å²) in [5, 5.41) is 2.94. The van der Waals surface area contributed by atoms with E-state index in [9.17, 15) is 26.8 Å². The maximum absolute atomic E-state index is 15.4. The van der Waals surface area contributed by atoms with Gasteiger partial charge < -0.3 is 23.7 Å².